The van der Waals surface area contributed by atoms with Gasteiger partial charge in [0.05, 0.1) is 12.5 Å². The summed E-state index contributed by atoms with van der Waals surface area (Å²) in [6.07, 6.45) is 0. The van der Waals surface area contributed by atoms with Crippen LogP contribution in [0.1, 0.15) is 24.1 Å². The van der Waals surface area contributed by atoms with Crippen molar-refractivity contribution in [2.24, 2.45) is 0 Å². The molecule has 0 bridgehead atoms. The number of nitrogens with zero attached hydrogens (tertiary/aromatic N) is 2. The summed E-state index contributed by atoms with van der Waals surface area (Å²) < 4.78 is 5.14. The van der Waals surface area contributed by atoms with E-state index in [0.29, 0.717) is 24.7 Å². The van der Waals surface area contributed by atoms with Gasteiger partial charge in [0.25, 0.3) is 0 Å². The Labute approximate surface area is 129 Å². The number of nitrogens with one attached hydrogen (secondary N) is 1. The van der Waals surface area contributed by atoms with Crippen molar-refractivity contribution in [1.82, 2.24) is 4.98 Å². The Morgan fingerprint density at radius 2 is 2.05 bits per heavy atom. The summed E-state index contributed by atoms with van der Waals surface area (Å²) in [6.45, 7) is 2.47. The Hall–Kier alpha value is -2.87. The zero-order chi connectivity index (χ0) is 15.8. The molecule has 0 aliphatic heterocycles. The fourth-order valence-corrected chi connectivity index (χ4v) is 2.07. The van der Waals surface area contributed by atoms with Gasteiger partial charge in [0.1, 0.15) is 17.6 Å². The molecule has 0 radical (unpaired) electrons. The average molecular weight is 295 g/mol. The number of anilines is 1. The molecular formula is C17H17N3O2. The van der Waals surface area contributed by atoms with E-state index in [1.807, 2.05) is 36.4 Å². The molecule has 1 aromatic heterocycles. The number of carbonyl (C=O) groups is 1. The fourth-order valence-electron chi connectivity index (χ4n) is 2.07. The van der Waals surface area contributed by atoms with E-state index in [1.165, 1.54) is 0 Å². The van der Waals surface area contributed by atoms with Gasteiger partial charge in [0.2, 0.25) is 0 Å². The van der Waals surface area contributed by atoms with E-state index in [0.717, 1.165) is 5.56 Å². The standard InChI is InChI=1S/C17H17N3O2/c1-2-22-17(21)15(13-7-4-3-5-8-13)12-19-16-10-6-9-14(11-18)20-16/h3-10,15H,2,12H2,1H3,(H,19,20). The van der Waals surface area contributed by atoms with Crippen molar-refractivity contribution in [3.8, 4) is 6.07 Å². The van der Waals surface area contributed by atoms with E-state index in [1.54, 1.807) is 25.1 Å². The van der Waals surface area contributed by atoms with Crippen LogP contribution < -0.4 is 5.32 Å². The third-order valence-corrected chi connectivity index (χ3v) is 3.12. The Bertz CT molecular complexity index is 665. The lowest BCUT2D eigenvalue weighted by molar-refractivity contribution is -0.144. The Balaban J connectivity index is 2.13. The highest BCUT2D eigenvalue weighted by molar-refractivity contribution is 5.79. The number of aromatic nitrogens is 1. The van der Waals surface area contributed by atoms with Gasteiger partial charge in [-0.25, -0.2) is 4.98 Å². The number of benzene rings is 1. The highest BCUT2D eigenvalue weighted by Crippen LogP contribution is 2.18. The first-order chi connectivity index (χ1) is 10.7. The van der Waals surface area contributed by atoms with Crippen LogP contribution in [0.15, 0.2) is 48.5 Å². The fraction of sp³-hybridized carbons (Fsp3) is 0.235. The molecule has 112 valence electrons. The van der Waals surface area contributed by atoms with Crippen LogP contribution in [0.4, 0.5) is 5.82 Å². The highest BCUT2D eigenvalue weighted by Gasteiger charge is 2.21. The second-order valence-corrected chi connectivity index (χ2v) is 4.62. The molecule has 1 unspecified atom stereocenters. The van der Waals surface area contributed by atoms with Crippen LogP contribution in [-0.4, -0.2) is 24.1 Å². The quantitative estimate of drug-likeness (QED) is 0.829. The molecule has 0 aliphatic rings. The van der Waals surface area contributed by atoms with Gasteiger partial charge in [-0.1, -0.05) is 36.4 Å². The molecule has 0 spiro atoms. The SMILES string of the molecule is CCOC(=O)C(CNc1cccc(C#N)n1)c1ccccc1. The maximum atomic E-state index is 12.2. The maximum Gasteiger partial charge on any atom is 0.315 e. The van der Waals surface area contributed by atoms with Gasteiger partial charge < -0.3 is 10.1 Å². The molecule has 1 N–H and O–H groups in total. The number of ether oxygens (including phenoxy) is 1. The molecule has 2 rings (SSSR count). The van der Waals surface area contributed by atoms with Crippen LogP contribution in [0.25, 0.3) is 0 Å². The lowest BCUT2D eigenvalue weighted by Gasteiger charge is -2.17. The van der Waals surface area contributed by atoms with Gasteiger partial charge in [-0.15, -0.1) is 0 Å². The van der Waals surface area contributed by atoms with Gasteiger partial charge in [-0.05, 0) is 24.6 Å². The molecule has 5 nitrogen and oxygen atoms in total. The predicted molar refractivity (Wildman–Crippen MR) is 83.3 cm³/mol. The van der Waals surface area contributed by atoms with Gasteiger partial charge in [-0.2, -0.15) is 5.26 Å². The number of carbonyl (C=O) groups excluding carboxylic acids is 1. The van der Waals surface area contributed by atoms with E-state index in [9.17, 15) is 4.79 Å². The lowest BCUT2D eigenvalue weighted by Crippen LogP contribution is -2.23. The molecule has 0 fully saturated rings. The first kappa shape index (κ1) is 15.5. The van der Waals surface area contributed by atoms with Crippen LogP contribution >= 0.6 is 0 Å². The Kier molecular flexibility index (Phi) is 5.50. The molecule has 0 saturated heterocycles. The predicted octanol–water partition coefficient (Wildman–Crippen LogP) is 2.71. The van der Waals surface area contributed by atoms with Crippen molar-refractivity contribution < 1.29 is 9.53 Å². The largest absolute Gasteiger partial charge is 0.465 e. The van der Waals surface area contributed by atoms with Crippen molar-refractivity contribution in [2.45, 2.75) is 12.8 Å². The second-order valence-electron chi connectivity index (χ2n) is 4.62. The van der Waals surface area contributed by atoms with Crippen molar-refractivity contribution >= 4 is 11.8 Å². The highest BCUT2D eigenvalue weighted by atomic mass is 16.5. The molecule has 1 atom stereocenters. The third-order valence-electron chi connectivity index (χ3n) is 3.12. The van der Waals surface area contributed by atoms with Crippen LogP contribution in [0.5, 0.6) is 0 Å². The summed E-state index contributed by atoms with van der Waals surface area (Å²) in [5.41, 5.74) is 1.21. The second kappa shape index (κ2) is 7.79. The minimum Gasteiger partial charge on any atom is -0.465 e. The molecule has 1 aromatic carbocycles. The molecule has 0 aliphatic carbocycles. The molecule has 5 heteroatoms. The molecular weight excluding hydrogens is 278 g/mol. The number of esters is 1. The lowest BCUT2D eigenvalue weighted by atomic mass is 9.99. The van der Waals surface area contributed by atoms with Crippen LogP contribution in [0.3, 0.4) is 0 Å². The average Bonchev–Trinajstić information content (AvgIpc) is 2.56. The van der Waals surface area contributed by atoms with Crippen molar-refractivity contribution in [3.05, 3.63) is 59.8 Å². The van der Waals surface area contributed by atoms with Crippen molar-refractivity contribution in [3.63, 3.8) is 0 Å². The Morgan fingerprint density at radius 1 is 1.27 bits per heavy atom. The minimum absolute atomic E-state index is 0.280. The van der Waals surface area contributed by atoms with Crippen LogP contribution in [0.2, 0.25) is 0 Å². The van der Waals surface area contributed by atoms with Crippen LogP contribution in [0, 0.1) is 11.3 Å². The van der Waals surface area contributed by atoms with E-state index in [-0.39, 0.29) is 5.97 Å². The monoisotopic (exact) mass is 295 g/mol. The van der Waals surface area contributed by atoms with E-state index in [2.05, 4.69) is 10.3 Å². The summed E-state index contributed by atoms with van der Waals surface area (Å²) in [7, 11) is 0. The third kappa shape index (κ3) is 4.06. The summed E-state index contributed by atoms with van der Waals surface area (Å²) in [5, 5.41) is 12.0. The number of rotatable bonds is 6. The smallest absolute Gasteiger partial charge is 0.315 e. The van der Waals surface area contributed by atoms with Crippen molar-refractivity contribution in [1.29, 1.82) is 5.26 Å². The van der Waals surface area contributed by atoms with Crippen LogP contribution in [-0.2, 0) is 9.53 Å². The molecule has 2 aromatic rings. The van der Waals surface area contributed by atoms with E-state index in [4.69, 9.17) is 10.00 Å². The normalized spacial score (nSPS) is 11.3. The number of pyridine rings is 1. The van der Waals surface area contributed by atoms with E-state index >= 15 is 0 Å². The Morgan fingerprint density at radius 3 is 2.73 bits per heavy atom. The van der Waals surface area contributed by atoms with Gasteiger partial charge in [0, 0.05) is 6.54 Å². The van der Waals surface area contributed by atoms with Crippen molar-refractivity contribution in [2.75, 3.05) is 18.5 Å². The molecule has 0 saturated carbocycles. The van der Waals surface area contributed by atoms with E-state index < -0.39 is 5.92 Å². The van der Waals surface area contributed by atoms with Gasteiger partial charge in [-0.3, -0.25) is 4.79 Å². The zero-order valence-electron chi connectivity index (χ0n) is 12.3. The first-order valence-corrected chi connectivity index (χ1v) is 7.07. The summed E-state index contributed by atoms with van der Waals surface area (Å²) >= 11 is 0. The summed E-state index contributed by atoms with van der Waals surface area (Å²) in [4.78, 5) is 16.3. The maximum absolute atomic E-state index is 12.2. The minimum atomic E-state index is -0.423. The van der Waals surface area contributed by atoms with Gasteiger partial charge >= 0.3 is 5.97 Å². The number of nitriles is 1. The molecule has 1 heterocycles. The summed E-state index contributed by atoms with van der Waals surface area (Å²) in [5.74, 6) is -0.143. The number of hydrogen-bond donors (Lipinski definition) is 1. The first-order valence-electron chi connectivity index (χ1n) is 7.07. The number of hydrogen-bond acceptors (Lipinski definition) is 5. The zero-order valence-corrected chi connectivity index (χ0v) is 12.3. The molecule has 22 heavy (non-hydrogen) atoms. The molecule has 0 amide bonds. The summed E-state index contributed by atoms with van der Waals surface area (Å²) in [6, 6.07) is 16.6. The topological polar surface area (TPSA) is 75.0 Å². The van der Waals surface area contributed by atoms with Gasteiger partial charge in [0.15, 0.2) is 0 Å².